The Kier molecular flexibility index (Phi) is 4.77. The van der Waals surface area contributed by atoms with Crippen LogP contribution in [0.3, 0.4) is 0 Å². The molecule has 2 heterocycles. The van der Waals surface area contributed by atoms with E-state index in [1.54, 1.807) is 4.90 Å². The number of piperazine rings is 1. The number of rotatable bonds is 2. The minimum Gasteiger partial charge on any atom is -0.354 e. The number of benzene rings is 1. The molecule has 26 heavy (non-hydrogen) atoms. The number of carbonyl (C=O) groups is 2. The van der Waals surface area contributed by atoms with Gasteiger partial charge in [0, 0.05) is 32.1 Å². The zero-order valence-corrected chi connectivity index (χ0v) is 14.8. The van der Waals surface area contributed by atoms with Gasteiger partial charge in [0.25, 0.3) is 0 Å². The molecule has 1 saturated heterocycles. The van der Waals surface area contributed by atoms with Gasteiger partial charge in [-0.25, -0.2) is 4.79 Å². The van der Waals surface area contributed by atoms with Crippen molar-refractivity contribution in [2.75, 3.05) is 31.5 Å². The quantitative estimate of drug-likeness (QED) is 0.897. The first-order chi connectivity index (χ1) is 12.7. The fourth-order valence-electron chi connectivity index (χ4n) is 3.89. The van der Waals surface area contributed by atoms with Crippen molar-refractivity contribution in [3.63, 3.8) is 0 Å². The van der Waals surface area contributed by atoms with E-state index < -0.39 is 0 Å². The fourth-order valence-corrected chi connectivity index (χ4v) is 3.89. The maximum absolute atomic E-state index is 12.6. The summed E-state index contributed by atoms with van der Waals surface area (Å²) < 4.78 is 5.22. The number of nitrogens with one attached hydrogen (secondary N) is 1. The number of anilines is 1. The Bertz CT molecular complexity index is 789. The maximum atomic E-state index is 12.6. The predicted octanol–water partition coefficient (Wildman–Crippen LogP) is 3.08. The monoisotopic (exact) mass is 356 g/mol. The zero-order chi connectivity index (χ0) is 17.9. The van der Waals surface area contributed by atoms with Crippen LogP contribution in [0.15, 0.2) is 28.8 Å². The molecule has 1 N–H and O–H groups in total. The van der Waals surface area contributed by atoms with Crippen molar-refractivity contribution in [2.45, 2.75) is 32.1 Å². The van der Waals surface area contributed by atoms with Crippen molar-refractivity contribution in [1.82, 2.24) is 15.0 Å². The molecular weight excluding hydrogens is 332 g/mol. The second-order valence-electron chi connectivity index (χ2n) is 7.10. The molecule has 2 aliphatic rings. The van der Waals surface area contributed by atoms with Gasteiger partial charge < -0.3 is 14.3 Å². The molecule has 7 heteroatoms. The van der Waals surface area contributed by atoms with Crippen LogP contribution in [0.2, 0.25) is 0 Å². The summed E-state index contributed by atoms with van der Waals surface area (Å²) in [6, 6.07) is 7.22. The van der Waals surface area contributed by atoms with Crippen molar-refractivity contribution in [1.29, 1.82) is 0 Å². The van der Waals surface area contributed by atoms with Gasteiger partial charge >= 0.3 is 6.03 Å². The number of carbonyl (C=O) groups excluding carboxylic acids is 2. The maximum Gasteiger partial charge on any atom is 0.323 e. The van der Waals surface area contributed by atoms with Gasteiger partial charge in [-0.15, -0.1) is 0 Å². The van der Waals surface area contributed by atoms with Crippen molar-refractivity contribution >= 4 is 28.7 Å². The number of para-hydroxylation sites is 1. The van der Waals surface area contributed by atoms with Crippen molar-refractivity contribution in [2.24, 2.45) is 5.92 Å². The summed E-state index contributed by atoms with van der Waals surface area (Å²) in [6.45, 7) is 2.28. The number of aromatic nitrogens is 1. The second-order valence-corrected chi connectivity index (χ2v) is 7.10. The highest BCUT2D eigenvalue weighted by atomic mass is 16.5. The van der Waals surface area contributed by atoms with E-state index in [2.05, 4.69) is 10.5 Å². The molecule has 0 radical (unpaired) electrons. The number of fused-ring (bicyclic) bond motifs is 1. The summed E-state index contributed by atoms with van der Waals surface area (Å²) in [5, 5.41) is 7.54. The Hall–Kier alpha value is -2.57. The predicted molar refractivity (Wildman–Crippen MR) is 97.8 cm³/mol. The number of hydrogen-bond donors (Lipinski definition) is 1. The molecule has 3 amide bonds. The van der Waals surface area contributed by atoms with Crippen LogP contribution in [0, 0.1) is 5.92 Å². The summed E-state index contributed by atoms with van der Waals surface area (Å²) in [5.41, 5.74) is 0.644. The normalized spacial score (nSPS) is 18.9. The third kappa shape index (κ3) is 3.38. The van der Waals surface area contributed by atoms with E-state index >= 15 is 0 Å². The molecular formula is C19H24N4O3. The van der Waals surface area contributed by atoms with Crippen LogP contribution in [-0.2, 0) is 4.79 Å². The van der Waals surface area contributed by atoms with E-state index in [0.717, 1.165) is 31.1 Å². The molecule has 4 rings (SSSR count). The molecule has 1 aliphatic heterocycles. The molecule has 0 unspecified atom stereocenters. The number of nitrogens with zero attached hydrogens (tertiary/aromatic N) is 3. The van der Waals surface area contributed by atoms with E-state index in [-0.39, 0.29) is 17.9 Å². The lowest BCUT2D eigenvalue weighted by atomic mass is 9.88. The summed E-state index contributed by atoms with van der Waals surface area (Å²) in [4.78, 5) is 28.8. The van der Waals surface area contributed by atoms with E-state index in [9.17, 15) is 9.59 Å². The molecule has 1 aliphatic carbocycles. The van der Waals surface area contributed by atoms with Crippen LogP contribution in [-0.4, -0.2) is 53.1 Å². The van der Waals surface area contributed by atoms with Crippen molar-refractivity contribution in [3.05, 3.63) is 24.3 Å². The first kappa shape index (κ1) is 16.9. The SMILES string of the molecule is O=C(Nc1noc2ccccc12)N1CCN(C(=O)C2CCCCC2)CC1. The minimum atomic E-state index is -0.200. The average molecular weight is 356 g/mol. The summed E-state index contributed by atoms with van der Waals surface area (Å²) in [6.07, 6.45) is 5.58. The molecule has 7 nitrogen and oxygen atoms in total. The Balaban J connectivity index is 1.32. The van der Waals surface area contributed by atoms with Gasteiger partial charge in [-0.1, -0.05) is 36.6 Å². The van der Waals surface area contributed by atoms with Crippen molar-refractivity contribution in [3.8, 4) is 0 Å². The van der Waals surface area contributed by atoms with Crippen LogP contribution in [0.4, 0.5) is 10.6 Å². The van der Waals surface area contributed by atoms with Crippen molar-refractivity contribution < 1.29 is 14.1 Å². The highest BCUT2D eigenvalue weighted by molar-refractivity contribution is 5.98. The van der Waals surface area contributed by atoms with Gasteiger partial charge in [-0.05, 0) is 25.0 Å². The first-order valence-electron chi connectivity index (χ1n) is 9.41. The third-order valence-corrected chi connectivity index (χ3v) is 5.44. The Morgan fingerprint density at radius 3 is 2.46 bits per heavy atom. The molecule has 2 fully saturated rings. The largest absolute Gasteiger partial charge is 0.354 e. The molecule has 138 valence electrons. The fraction of sp³-hybridized carbons (Fsp3) is 0.526. The average Bonchev–Trinajstić information content (AvgIpc) is 3.11. The van der Waals surface area contributed by atoms with E-state index in [1.807, 2.05) is 29.2 Å². The molecule has 1 aromatic heterocycles. The summed E-state index contributed by atoms with van der Waals surface area (Å²) in [5.74, 6) is 0.893. The van der Waals surface area contributed by atoms with E-state index in [0.29, 0.717) is 37.6 Å². The van der Waals surface area contributed by atoms with Gasteiger partial charge in [0.2, 0.25) is 5.91 Å². The Labute approximate surface area is 152 Å². The molecule has 2 aromatic rings. The topological polar surface area (TPSA) is 78.7 Å². The lowest BCUT2D eigenvalue weighted by molar-refractivity contribution is -0.138. The number of amides is 3. The van der Waals surface area contributed by atoms with E-state index in [4.69, 9.17) is 4.52 Å². The number of urea groups is 1. The molecule has 0 spiro atoms. The Morgan fingerprint density at radius 2 is 1.69 bits per heavy atom. The van der Waals surface area contributed by atoms with Gasteiger partial charge in [0.05, 0.1) is 5.39 Å². The van der Waals surface area contributed by atoms with Gasteiger partial charge in [0.15, 0.2) is 11.4 Å². The smallest absolute Gasteiger partial charge is 0.323 e. The summed E-state index contributed by atoms with van der Waals surface area (Å²) in [7, 11) is 0. The lowest BCUT2D eigenvalue weighted by Crippen LogP contribution is -2.53. The van der Waals surface area contributed by atoms with E-state index in [1.165, 1.54) is 6.42 Å². The van der Waals surface area contributed by atoms with Gasteiger partial charge in [-0.2, -0.15) is 0 Å². The van der Waals surface area contributed by atoms with Crippen LogP contribution in [0.25, 0.3) is 11.0 Å². The lowest BCUT2D eigenvalue weighted by Gasteiger charge is -2.37. The minimum absolute atomic E-state index is 0.186. The highest BCUT2D eigenvalue weighted by Crippen LogP contribution is 2.26. The standard InChI is InChI=1S/C19H24N4O3/c24-18(14-6-2-1-3-7-14)22-10-12-23(13-11-22)19(25)20-17-15-8-4-5-9-16(15)26-21-17/h4-5,8-9,14H,1-3,6-7,10-13H2,(H,20,21,25). The molecule has 0 atom stereocenters. The number of hydrogen-bond acceptors (Lipinski definition) is 4. The van der Waals surface area contributed by atoms with Gasteiger partial charge in [0.1, 0.15) is 0 Å². The zero-order valence-electron chi connectivity index (χ0n) is 14.8. The third-order valence-electron chi connectivity index (χ3n) is 5.44. The first-order valence-corrected chi connectivity index (χ1v) is 9.41. The molecule has 1 saturated carbocycles. The van der Waals surface area contributed by atoms with Crippen LogP contribution in [0.1, 0.15) is 32.1 Å². The van der Waals surface area contributed by atoms with Crippen LogP contribution < -0.4 is 5.32 Å². The summed E-state index contributed by atoms with van der Waals surface area (Å²) >= 11 is 0. The molecule has 1 aromatic carbocycles. The van der Waals surface area contributed by atoms with Gasteiger partial charge in [-0.3, -0.25) is 10.1 Å². The van der Waals surface area contributed by atoms with Crippen LogP contribution >= 0.6 is 0 Å². The second kappa shape index (κ2) is 7.35. The van der Waals surface area contributed by atoms with Crippen LogP contribution in [0.5, 0.6) is 0 Å². The molecule has 0 bridgehead atoms. The Morgan fingerprint density at radius 1 is 1.00 bits per heavy atom. The highest BCUT2D eigenvalue weighted by Gasteiger charge is 2.30.